The van der Waals surface area contributed by atoms with Crippen LogP contribution in [-0.4, -0.2) is 8.80 Å². The third-order valence-electron chi connectivity index (χ3n) is 3.48. The summed E-state index contributed by atoms with van der Waals surface area (Å²) in [6.45, 7) is 5.00. The Kier molecular flexibility index (Phi) is 2.22. The van der Waals surface area contributed by atoms with Gasteiger partial charge in [-0.1, -0.05) is 43.8 Å². The van der Waals surface area contributed by atoms with Crippen molar-refractivity contribution in [3.63, 3.8) is 0 Å². The van der Waals surface area contributed by atoms with Crippen LogP contribution in [0.3, 0.4) is 0 Å². The highest BCUT2D eigenvalue weighted by atomic mass is 28.3. The molecule has 1 saturated carbocycles. The van der Waals surface area contributed by atoms with Crippen LogP contribution in [0, 0.1) is 11.8 Å². The van der Waals surface area contributed by atoms with E-state index in [-0.39, 0.29) is 0 Å². The van der Waals surface area contributed by atoms with Crippen molar-refractivity contribution in [3.05, 3.63) is 24.3 Å². The molecule has 0 N–H and O–H groups in total. The highest BCUT2D eigenvalue weighted by molar-refractivity contribution is 6.57. The smallest absolute Gasteiger partial charge is 0.0344 e. The van der Waals surface area contributed by atoms with Gasteiger partial charge >= 0.3 is 0 Å². The van der Waals surface area contributed by atoms with E-state index in [9.17, 15) is 0 Å². The largest absolute Gasteiger partial charge is 0.0809 e. The summed E-state index contributed by atoms with van der Waals surface area (Å²) in [7, 11) is -0.402. The minimum atomic E-state index is -0.402. The van der Waals surface area contributed by atoms with Crippen LogP contribution in [0.2, 0.25) is 18.6 Å². The molecule has 1 fully saturated rings. The summed E-state index contributed by atoms with van der Waals surface area (Å²) in [4.78, 5) is 0. The lowest BCUT2D eigenvalue weighted by molar-refractivity contribution is 0.548. The number of fused-ring (bicyclic) bond motifs is 1. The van der Waals surface area contributed by atoms with Crippen molar-refractivity contribution in [3.8, 4) is 0 Å². The molecule has 0 bridgehead atoms. The van der Waals surface area contributed by atoms with E-state index in [1.807, 2.05) is 0 Å². The standard InChI is InChI=1S/C11H18Si/c1-12(2)11-8-7-9-5-3-4-6-10(9)11/h3-6,9-12H,7-8H2,1-2H3. The first-order valence-electron chi connectivity index (χ1n) is 5.14. The Hall–Kier alpha value is -0.303. The Morgan fingerprint density at radius 1 is 1.08 bits per heavy atom. The van der Waals surface area contributed by atoms with Crippen molar-refractivity contribution < 1.29 is 0 Å². The SMILES string of the molecule is C[SiH](C)C1CCC2C=CC=CC21. The Morgan fingerprint density at radius 2 is 1.83 bits per heavy atom. The van der Waals surface area contributed by atoms with Crippen molar-refractivity contribution in [2.24, 2.45) is 11.8 Å². The predicted octanol–water partition coefficient (Wildman–Crippen LogP) is 3.00. The van der Waals surface area contributed by atoms with Gasteiger partial charge in [-0.25, -0.2) is 0 Å². The molecule has 0 amide bonds. The van der Waals surface area contributed by atoms with Gasteiger partial charge in [-0.15, -0.1) is 0 Å². The highest BCUT2D eigenvalue weighted by Gasteiger charge is 2.35. The number of hydrogen-bond donors (Lipinski definition) is 0. The van der Waals surface area contributed by atoms with Crippen molar-refractivity contribution in [2.45, 2.75) is 31.5 Å². The molecule has 2 aliphatic carbocycles. The van der Waals surface area contributed by atoms with E-state index in [2.05, 4.69) is 37.4 Å². The predicted molar refractivity (Wildman–Crippen MR) is 57.1 cm³/mol. The molecule has 2 rings (SSSR count). The van der Waals surface area contributed by atoms with Crippen molar-refractivity contribution in [1.82, 2.24) is 0 Å². The van der Waals surface area contributed by atoms with E-state index >= 15 is 0 Å². The molecular weight excluding hydrogens is 160 g/mol. The Morgan fingerprint density at radius 3 is 2.58 bits per heavy atom. The summed E-state index contributed by atoms with van der Waals surface area (Å²) in [6.07, 6.45) is 12.3. The summed E-state index contributed by atoms with van der Waals surface area (Å²) in [5, 5.41) is 0. The van der Waals surface area contributed by atoms with Gasteiger partial charge < -0.3 is 0 Å². The molecule has 0 aliphatic heterocycles. The van der Waals surface area contributed by atoms with Crippen molar-refractivity contribution in [1.29, 1.82) is 0 Å². The highest BCUT2D eigenvalue weighted by Crippen LogP contribution is 2.45. The van der Waals surface area contributed by atoms with E-state index in [0.29, 0.717) is 0 Å². The maximum atomic E-state index is 2.50. The summed E-state index contributed by atoms with van der Waals surface area (Å²) < 4.78 is 0. The van der Waals surface area contributed by atoms with Crippen LogP contribution in [0.4, 0.5) is 0 Å². The van der Waals surface area contributed by atoms with E-state index in [0.717, 1.165) is 17.4 Å². The third kappa shape index (κ3) is 1.31. The molecule has 0 nitrogen and oxygen atoms in total. The topological polar surface area (TPSA) is 0 Å². The maximum absolute atomic E-state index is 2.50. The minimum Gasteiger partial charge on any atom is -0.0809 e. The zero-order chi connectivity index (χ0) is 8.55. The van der Waals surface area contributed by atoms with Crippen LogP contribution in [-0.2, 0) is 0 Å². The molecule has 0 heterocycles. The van der Waals surface area contributed by atoms with Gasteiger partial charge in [0.2, 0.25) is 0 Å². The summed E-state index contributed by atoms with van der Waals surface area (Å²) >= 11 is 0. The molecule has 0 saturated heterocycles. The van der Waals surface area contributed by atoms with Gasteiger partial charge in [0.25, 0.3) is 0 Å². The molecule has 12 heavy (non-hydrogen) atoms. The number of rotatable bonds is 1. The summed E-state index contributed by atoms with van der Waals surface area (Å²) in [5.41, 5.74) is 1.08. The third-order valence-corrected chi connectivity index (χ3v) is 5.97. The fraction of sp³-hybridized carbons (Fsp3) is 0.636. The average molecular weight is 178 g/mol. The lowest BCUT2D eigenvalue weighted by atomic mass is 9.92. The van der Waals surface area contributed by atoms with Crippen LogP contribution in [0.5, 0.6) is 0 Å². The summed E-state index contributed by atoms with van der Waals surface area (Å²) in [6, 6.07) is 0. The fourth-order valence-electron chi connectivity index (χ4n) is 2.77. The molecule has 0 aromatic heterocycles. The molecule has 3 atom stereocenters. The minimum absolute atomic E-state index is 0.402. The zero-order valence-corrected chi connectivity index (χ0v) is 9.19. The van der Waals surface area contributed by atoms with Gasteiger partial charge in [0.05, 0.1) is 0 Å². The normalized spacial score (nSPS) is 39.1. The van der Waals surface area contributed by atoms with Gasteiger partial charge in [-0.05, 0) is 23.8 Å². The molecule has 0 radical (unpaired) electrons. The van der Waals surface area contributed by atoms with Gasteiger partial charge in [0.1, 0.15) is 0 Å². The first kappa shape index (κ1) is 8.30. The van der Waals surface area contributed by atoms with Crippen molar-refractivity contribution in [2.75, 3.05) is 0 Å². The molecule has 0 spiro atoms. The Labute approximate surface area is 77.0 Å². The van der Waals surface area contributed by atoms with Gasteiger partial charge in [-0.2, -0.15) is 0 Å². The van der Waals surface area contributed by atoms with Gasteiger partial charge in [0, 0.05) is 8.80 Å². The van der Waals surface area contributed by atoms with E-state index in [1.54, 1.807) is 0 Å². The van der Waals surface area contributed by atoms with Crippen LogP contribution >= 0.6 is 0 Å². The molecular formula is C11H18Si. The number of hydrogen-bond acceptors (Lipinski definition) is 0. The first-order chi connectivity index (χ1) is 5.79. The average Bonchev–Trinajstić information content (AvgIpc) is 2.47. The second-order valence-electron chi connectivity index (χ2n) is 4.50. The van der Waals surface area contributed by atoms with Gasteiger partial charge in [0.15, 0.2) is 0 Å². The molecule has 1 heteroatoms. The fourth-order valence-corrected chi connectivity index (χ4v) is 4.94. The molecule has 2 aliphatic rings. The maximum Gasteiger partial charge on any atom is 0.0344 e. The molecule has 3 unspecified atom stereocenters. The van der Waals surface area contributed by atoms with Gasteiger partial charge in [-0.3, -0.25) is 0 Å². The molecule has 66 valence electrons. The summed E-state index contributed by atoms with van der Waals surface area (Å²) in [5.74, 6) is 1.82. The lowest BCUT2D eigenvalue weighted by Crippen LogP contribution is -2.18. The first-order valence-corrected chi connectivity index (χ1v) is 8.11. The quantitative estimate of drug-likeness (QED) is 0.542. The van der Waals surface area contributed by atoms with Crippen LogP contribution < -0.4 is 0 Å². The van der Waals surface area contributed by atoms with E-state index in [4.69, 9.17) is 0 Å². The van der Waals surface area contributed by atoms with Crippen LogP contribution in [0.15, 0.2) is 24.3 Å². The second kappa shape index (κ2) is 3.21. The van der Waals surface area contributed by atoms with Crippen molar-refractivity contribution >= 4 is 8.80 Å². The zero-order valence-electron chi connectivity index (χ0n) is 8.03. The second-order valence-corrected chi connectivity index (χ2v) is 7.84. The number of allylic oxidation sites excluding steroid dienone is 4. The lowest BCUT2D eigenvalue weighted by Gasteiger charge is -2.23. The van der Waals surface area contributed by atoms with Crippen LogP contribution in [0.1, 0.15) is 12.8 Å². The van der Waals surface area contributed by atoms with E-state index in [1.165, 1.54) is 12.8 Å². The molecule has 0 aromatic carbocycles. The Balaban J connectivity index is 2.13. The monoisotopic (exact) mass is 178 g/mol. The Bertz CT molecular complexity index is 215. The van der Waals surface area contributed by atoms with Crippen LogP contribution in [0.25, 0.3) is 0 Å². The molecule has 0 aromatic rings. The van der Waals surface area contributed by atoms with E-state index < -0.39 is 8.80 Å².